The molecule has 0 saturated carbocycles. The van der Waals surface area contributed by atoms with E-state index in [2.05, 4.69) is 5.32 Å². The largest absolute Gasteiger partial charge is 0.508 e. The first-order valence-corrected chi connectivity index (χ1v) is 8.25. The molecule has 1 amide bonds. The summed E-state index contributed by atoms with van der Waals surface area (Å²) in [4.78, 5) is 24.8. The molecule has 24 heavy (non-hydrogen) atoms. The zero-order valence-corrected chi connectivity index (χ0v) is 14.5. The summed E-state index contributed by atoms with van der Waals surface area (Å²) in [5, 5.41) is 11.9. The Balaban J connectivity index is 2.20. The Hall–Kier alpha value is -2.47. The van der Waals surface area contributed by atoms with Gasteiger partial charge in [-0.15, -0.1) is 11.8 Å². The van der Waals surface area contributed by atoms with Gasteiger partial charge in [-0.1, -0.05) is 12.1 Å². The zero-order valence-electron chi connectivity index (χ0n) is 13.7. The average molecular weight is 345 g/mol. The van der Waals surface area contributed by atoms with Crippen LogP contribution >= 0.6 is 11.8 Å². The fourth-order valence-electron chi connectivity index (χ4n) is 2.09. The van der Waals surface area contributed by atoms with Gasteiger partial charge in [0.15, 0.2) is 0 Å². The molecule has 0 radical (unpaired) electrons. The first-order valence-electron chi connectivity index (χ1n) is 7.37. The molecule has 0 aliphatic heterocycles. The Bertz CT molecular complexity index is 760. The topological polar surface area (TPSA) is 75.6 Å². The van der Waals surface area contributed by atoms with Crippen LogP contribution in [0, 0.1) is 6.92 Å². The number of hydrogen-bond acceptors (Lipinski definition) is 5. The van der Waals surface area contributed by atoms with Gasteiger partial charge in [0.05, 0.1) is 12.7 Å². The van der Waals surface area contributed by atoms with E-state index in [0.717, 1.165) is 0 Å². The molecule has 5 nitrogen and oxygen atoms in total. The first kappa shape index (κ1) is 17.9. The molecule has 0 aliphatic carbocycles. The van der Waals surface area contributed by atoms with E-state index in [1.165, 1.54) is 24.9 Å². The number of benzene rings is 2. The lowest BCUT2D eigenvalue weighted by molar-refractivity contribution is -0.139. The Morgan fingerprint density at radius 1 is 1.21 bits per heavy atom. The van der Waals surface area contributed by atoms with Crippen LogP contribution in [-0.4, -0.2) is 29.3 Å². The third-order valence-corrected chi connectivity index (χ3v) is 4.58. The summed E-state index contributed by atoms with van der Waals surface area (Å²) < 4.78 is 4.72. The van der Waals surface area contributed by atoms with Crippen molar-refractivity contribution in [2.24, 2.45) is 0 Å². The number of rotatable bonds is 5. The van der Waals surface area contributed by atoms with Gasteiger partial charge in [0.25, 0.3) is 5.91 Å². The highest BCUT2D eigenvalue weighted by Gasteiger charge is 2.19. The zero-order chi connectivity index (χ0) is 17.7. The Kier molecular flexibility index (Phi) is 5.87. The van der Waals surface area contributed by atoms with Gasteiger partial charge in [-0.05, 0) is 49.7 Å². The van der Waals surface area contributed by atoms with Crippen molar-refractivity contribution in [1.82, 2.24) is 0 Å². The Morgan fingerprint density at radius 2 is 1.92 bits per heavy atom. The maximum atomic E-state index is 12.5. The predicted octanol–water partition coefficient (Wildman–Crippen LogP) is 3.61. The van der Waals surface area contributed by atoms with Gasteiger partial charge in [-0.2, -0.15) is 0 Å². The second kappa shape index (κ2) is 7.88. The van der Waals surface area contributed by atoms with Gasteiger partial charge >= 0.3 is 5.97 Å². The van der Waals surface area contributed by atoms with Crippen molar-refractivity contribution in [2.75, 3.05) is 12.4 Å². The summed E-state index contributed by atoms with van der Waals surface area (Å²) >= 11 is 1.27. The third kappa shape index (κ3) is 4.29. The standard InChI is InChI=1S/C18H19NO4S/c1-11-10-13(8-9-15(11)20)19-17(21)14-6-4-5-7-16(14)24-12(2)18(22)23-3/h4-10,12,20H,1-3H3,(H,19,21). The molecule has 0 aromatic heterocycles. The number of thioether (sulfide) groups is 1. The number of aromatic hydroxyl groups is 1. The minimum absolute atomic E-state index is 0.177. The molecule has 6 heteroatoms. The molecule has 2 N–H and O–H groups in total. The van der Waals surface area contributed by atoms with Crippen LogP contribution < -0.4 is 5.32 Å². The van der Waals surface area contributed by atoms with Gasteiger partial charge in [-0.25, -0.2) is 0 Å². The molecule has 0 spiro atoms. The molecule has 2 rings (SSSR count). The number of phenols is 1. The molecule has 2 aromatic carbocycles. The summed E-state index contributed by atoms with van der Waals surface area (Å²) in [6.07, 6.45) is 0. The number of methoxy groups -OCH3 is 1. The monoisotopic (exact) mass is 345 g/mol. The molecule has 0 fully saturated rings. The highest BCUT2D eigenvalue weighted by Crippen LogP contribution is 2.28. The van der Waals surface area contributed by atoms with Crippen molar-refractivity contribution in [3.63, 3.8) is 0 Å². The van der Waals surface area contributed by atoms with Crippen molar-refractivity contribution in [1.29, 1.82) is 0 Å². The van der Waals surface area contributed by atoms with Gasteiger partial charge in [0, 0.05) is 10.6 Å². The normalized spacial score (nSPS) is 11.6. The molecule has 2 aromatic rings. The predicted molar refractivity (Wildman–Crippen MR) is 94.6 cm³/mol. The number of amides is 1. The summed E-state index contributed by atoms with van der Waals surface area (Å²) in [6.45, 7) is 3.49. The van der Waals surface area contributed by atoms with Gasteiger partial charge < -0.3 is 15.2 Å². The number of ether oxygens (including phenoxy) is 1. The number of carbonyl (C=O) groups excluding carboxylic acids is 2. The SMILES string of the molecule is COC(=O)C(C)Sc1ccccc1C(=O)Nc1ccc(O)c(C)c1. The Morgan fingerprint density at radius 3 is 2.58 bits per heavy atom. The molecule has 1 unspecified atom stereocenters. The number of hydrogen-bond donors (Lipinski definition) is 2. The number of aryl methyl sites for hydroxylation is 1. The highest BCUT2D eigenvalue weighted by molar-refractivity contribution is 8.00. The van der Waals surface area contributed by atoms with E-state index in [1.54, 1.807) is 44.2 Å². The molecule has 0 heterocycles. The number of nitrogens with one attached hydrogen (secondary N) is 1. The number of carbonyl (C=O) groups is 2. The Labute approximate surface area is 145 Å². The van der Waals surface area contributed by atoms with E-state index in [1.807, 2.05) is 6.07 Å². The fourth-order valence-corrected chi connectivity index (χ4v) is 3.11. The van der Waals surface area contributed by atoms with Crippen LogP contribution in [0.2, 0.25) is 0 Å². The maximum absolute atomic E-state index is 12.5. The van der Waals surface area contributed by atoms with Gasteiger partial charge in [-0.3, -0.25) is 9.59 Å². The van der Waals surface area contributed by atoms with E-state index in [-0.39, 0.29) is 17.6 Å². The van der Waals surface area contributed by atoms with Crippen LogP contribution in [0.1, 0.15) is 22.8 Å². The fraction of sp³-hybridized carbons (Fsp3) is 0.222. The quantitative estimate of drug-likeness (QED) is 0.492. The molecule has 0 aliphatic rings. The summed E-state index contributed by atoms with van der Waals surface area (Å²) in [5.74, 6) is -0.444. The number of phenolic OH excluding ortho intramolecular Hbond substituents is 1. The van der Waals surface area contributed by atoms with E-state index < -0.39 is 5.25 Å². The average Bonchev–Trinajstić information content (AvgIpc) is 2.57. The van der Waals surface area contributed by atoms with Crippen LogP contribution in [0.4, 0.5) is 5.69 Å². The highest BCUT2D eigenvalue weighted by atomic mass is 32.2. The first-order chi connectivity index (χ1) is 11.4. The van der Waals surface area contributed by atoms with Crippen molar-refractivity contribution < 1.29 is 19.4 Å². The van der Waals surface area contributed by atoms with Gasteiger partial charge in [0.1, 0.15) is 11.0 Å². The lowest BCUT2D eigenvalue weighted by atomic mass is 10.1. The molecular formula is C18H19NO4S. The van der Waals surface area contributed by atoms with Crippen molar-refractivity contribution in [2.45, 2.75) is 24.0 Å². The molecule has 126 valence electrons. The number of esters is 1. The lowest BCUT2D eigenvalue weighted by Crippen LogP contribution is -2.17. The second-order valence-electron chi connectivity index (χ2n) is 5.23. The minimum atomic E-state index is -0.417. The van der Waals surface area contributed by atoms with Gasteiger partial charge in [0.2, 0.25) is 0 Å². The lowest BCUT2D eigenvalue weighted by Gasteiger charge is -2.13. The van der Waals surface area contributed by atoms with Crippen molar-refractivity contribution in [3.05, 3.63) is 53.6 Å². The van der Waals surface area contributed by atoms with E-state index in [4.69, 9.17) is 4.74 Å². The van der Waals surface area contributed by atoms with E-state index in [0.29, 0.717) is 21.7 Å². The third-order valence-electron chi connectivity index (χ3n) is 3.42. The minimum Gasteiger partial charge on any atom is -0.508 e. The summed E-state index contributed by atoms with van der Waals surface area (Å²) in [6, 6.07) is 11.9. The molecule has 0 bridgehead atoms. The smallest absolute Gasteiger partial charge is 0.318 e. The van der Waals surface area contributed by atoms with Crippen molar-refractivity contribution >= 4 is 29.3 Å². The van der Waals surface area contributed by atoms with Crippen LogP contribution in [0.25, 0.3) is 0 Å². The molecule has 0 saturated heterocycles. The van der Waals surface area contributed by atoms with Crippen LogP contribution in [0.3, 0.4) is 0 Å². The van der Waals surface area contributed by atoms with Crippen LogP contribution in [-0.2, 0) is 9.53 Å². The van der Waals surface area contributed by atoms with Crippen LogP contribution in [0.5, 0.6) is 5.75 Å². The number of anilines is 1. The van der Waals surface area contributed by atoms with E-state index in [9.17, 15) is 14.7 Å². The summed E-state index contributed by atoms with van der Waals surface area (Å²) in [5.41, 5.74) is 1.75. The van der Waals surface area contributed by atoms with Crippen LogP contribution in [0.15, 0.2) is 47.4 Å². The summed E-state index contributed by atoms with van der Waals surface area (Å²) in [7, 11) is 1.34. The maximum Gasteiger partial charge on any atom is 0.318 e. The second-order valence-corrected chi connectivity index (χ2v) is 6.62. The molecular weight excluding hydrogens is 326 g/mol. The van der Waals surface area contributed by atoms with Crippen molar-refractivity contribution in [3.8, 4) is 5.75 Å². The van der Waals surface area contributed by atoms with E-state index >= 15 is 0 Å². The molecule has 1 atom stereocenters.